The van der Waals surface area contributed by atoms with Crippen molar-refractivity contribution < 1.29 is 21.6 Å². The monoisotopic (exact) mass is 473 g/mol. The summed E-state index contributed by atoms with van der Waals surface area (Å²) in [6, 6.07) is 11.7. The van der Waals surface area contributed by atoms with E-state index < -0.39 is 32.5 Å². The fourth-order valence-electron chi connectivity index (χ4n) is 2.72. The highest BCUT2D eigenvalue weighted by Gasteiger charge is 2.25. The van der Waals surface area contributed by atoms with Gasteiger partial charge in [0, 0.05) is 20.1 Å². The molecule has 11 heteroatoms. The van der Waals surface area contributed by atoms with Crippen LogP contribution in [0.25, 0.3) is 0 Å². The van der Waals surface area contributed by atoms with Crippen molar-refractivity contribution in [3.8, 4) is 0 Å². The molecule has 1 N–H and O–H groups in total. The Balaban J connectivity index is 2.21. The molecule has 0 unspecified atom stereocenters. The van der Waals surface area contributed by atoms with Crippen molar-refractivity contribution in [3.63, 3.8) is 0 Å². The van der Waals surface area contributed by atoms with E-state index in [0.29, 0.717) is 13.1 Å². The van der Waals surface area contributed by atoms with Gasteiger partial charge in [-0.3, -0.25) is 4.79 Å². The zero-order valence-electron chi connectivity index (χ0n) is 16.9. The number of hydrogen-bond acceptors (Lipinski definition) is 5. The molecule has 8 nitrogen and oxygen atoms in total. The second kappa shape index (κ2) is 9.88. The molecule has 0 aromatic heterocycles. The normalized spacial score (nSPS) is 12.3. The van der Waals surface area contributed by atoms with E-state index in [4.69, 9.17) is 11.6 Å². The van der Waals surface area contributed by atoms with Crippen LogP contribution in [0, 0.1) is 0 Å². The van der Waals surface area contributed by atoms with Gasteiger partial charge in [-0.15, -0.1) is 0 Å². The number of rotatable bonds is 9. The standard InChI is InChI=1S/C19H24ClN3O5S2/c1-4-23(5-2)30(27,28)16-11-12-17(20)18(13-16)21-19(24)14-22(3)29(25,26)15-9-7-6-8-10-15/h6-13H,4-5,14H2,1-3H3,(H,21,24). The highest BCUT2D eigenvalue weighted by molar-refractivity contribution is 7.89. The highest BCUT2D eigenvalue weighted by Crippen LogP contribution is 2.27. The van der Waals surface area contributed by atoms with Gasteiger partial charge in [-0.25, -0.2) is 16.8 Å². The molecule has 0 saturated heterocycles. The second-order valence-electron chi connectivity index (χ2n) is 6.35. The predicted octanol–water partition coefficient (Wildman–Crippen LogP) is 2.63. The van der Waals surface area contributed by atoms with Crippen LogP contribution < -0.4 is 5.32 Å². The lowest BCUT2D eigenvalue weighted by Crippen LogP contribution is -2.35. The summed E-state index contributed by atoms with van der Waals surface area (Å²) < 4.78 is 52.7. The lowest BCUT2D eigenvalue weighted by molar-refractivity contribution is -0.116. The van der Waals surface area contributed by atoms with Gasteiger partial charge in [0.05, 0.1) is 27.0 Å². The van der Waals surface area contributed by atoms with Crippen molar-refractivity contribution in [2.75, 3.05) is 32.0 Å². The maximum atomic E-state index is 12.7. The van der Waals surface area contributed by atoms with Crippen LogP contribution in [0.15, 0.2) is 58.3 Å². The molecule has 164 valence electrons. The molecule has 0 aliphatic heterocycles. The Morgan fingerprint density at radius 2 is 1.53 bits per heavy atom. The minimum atomic E-state index is -3.85. The SMILES string of the molecule is CCN(CC)S(=O)(=O)c1ccc(Cl)c(NC(=O)CN(C)S(=O)(=O)c2ccccc2)c1. The molecule has 0 radical (unpaired) electrons. The van der Waals surface area contributed by atoms with Crippen molar-refractivity contribution in [1.29, 1.82) is 0 Å². The van der Waals surface area contributed by atoms with Crippen molar-refractivity contribution in [1.82, 2.24) is 8.61 Å². The van der Waals surface area contributed by atoms with Gasteiger partial charge < -0.3 is 5.32 Å². The van der Waals surface area contributed by atoms with Crippen molar-refractivity contribution >= 4 is 43.2 Å². The zero-order chi connectivity index (χ0) is 22.5. The van der Waals surface area contributed by atoms with E-state index in [2.05, 4.69) is 5.32 Å². The number of carbonyl (C=O) groups excluding carboxylic acids is 1. The zero-order valence-corrected chi connectivity index (χ0v) is 19.3. The fraction of sp³-hybridized carbons (Fsp3) is 0.316. The molecule has 0 bridgehead atoms. The average Bonchev–Trinajstić information content (AvgIpc) is 2.70. The largest absolute Gasteiger partial charge is 0.324 e. The number of halogens is 1. The Hall–Kier alpha value is -1.98. The molecule has 0 atom stereocenters. The molecule has 2 aromatic rings. The quantitative estimate of drug-likeness (QED) is 0.602. The summed E-state index contributed by atoms with van der Waals surface area (Å²) in [4.78, 5) is 12.5. The molecule has 30 heavy (non-hydrogen) atoms. The molecule has 2 aromatic carbocycles. The van der Waals surface area contributed by atoms with E-state index in [1.54, 1.807) is 32.0 Å². The van der Waals surface area contributed by atoms with Gasteiger partial charge in [0.1, 0.15) is 0 Å². The van der Waals surface area contributed by atoms with Gasteiger partial charge in [-0.05, 0) is 30.3 Å². The minimum Gasteiger partial charge on any atom is -0.324 e. The Bertz CT molecular complexity index is 1100. The molecule has 0 aliphatic rings. The van der Waals surface area contributed by atoms with Gasteiger partial charge in [-0.1, -0.05) is 43.6 Å². The van der Waals surface area contributed by atoms with Crippen LogP contribution >= 0.6 is 11.6 Å². The molecule has 0 aliphatic carbocycles. The van der Waals surface area contributed by atoms with Crippen molar-refractivity contribution in [2.24, 2.45) is 0 Å². The van der Waals surface area contributed by atoms with Crippen molar-refractivity contribution in [3.05, 3.63) is 53.6 Å². The van der Waals surface area contributed by atoms with Crippen LogP contribution in [0.2, 0.25) is 5.02 Å². The minimum absolute atomic E-state index is 0.0174. The molecular weight excluding hydrogens is 450 g/mol. The summed E-state index contributed by atoms with van der Waals surface area (Å²) in [6.07, 6.45) is 0. The van der Waals surface area contributed by atoms with Crippen LogP contribution in [0.3, 0.4) is 0 Å². The first-order valence-electron chi connectivity index (χ1n) is 9.15. The lowest BCUT2D eigenvalue weighted by Gasteiger charge is -2.20. The highest BCUT2D eigenvalue weighted by atomic mass is 35.5. The third kappa shape index (κ3) is 5.38. The summed E-state index contributed by atoms with van der Waals surface area (Å²) in [6.45, 7) is 3.57. The second-order valence-corrected chi connectivity index (χ2v) is 10.7. The number of nitrogens with zero attached hydrogens (tertiary/aromatic N) is 2. The van der Waals surface area contributed by atoms with Gasteiger partial charge in [0.2, 0.25) is 26.0 Å². The van der Waals surface area contributed by atoms with Crippen LogP contribution in [0.4, 0.5) is 5.69 Å². The molecule has 2 rings (SSSR count). The van der Waals surface area contributed by atoms with Gasteiger partial charge in [0.25, 0.3) is 0 Å². The summed E-state index contributed by atoms with van der Waals surface area (Å²) >= 11 is 6.11. The molecule has 0 spiro atoms. The number of anilines is 1. The van der Waals surface area contributed by atoms with E-state index in [0.717, 1.165) is 4.31 Å². The summed E-state index contributed by atoms with van der Waals surface area (Å²) in [5, 5.41) is 2.63. The van der Waals surface area contributed by atoms with Gasteiger partial charge in [-0.2, -0.15) is 8.61 Å². The molecular formula is C19H24ClN3O5S2. The van der Waals surface area contributed by atoms with Crippen LogP contribution in [-0.2, 0) is 24.8 Å². The maximum Gasteiger partial charge on any atom is 0.243 e. The number of hydrogen-bond donors (Lipinski definition) is 1. The molecule has 1 amide bonds. The smallest absolute Gasteiger partial charge is 0.243 e. The molecule has 0 saturated carbocycles. The predicted molar refractivity (Wildman–Crippen MR) is 116 cm³/mol. The first kappa shape index (κ1) is 24.3. The number of sulfonamides is 2. The van der Waals surface area contributed by atoms with E-state index in [1.165, 1.54) is 41.7 Å². The summed E-state index contributed by atoms with van der Waals surface area (Å²) in [7, 11) is -6.31. The van der Waals surface area contributed by atoms with E-state index in [9.17, 15) is 21.6 Å². The number of benzene rings is 2. The number of nitrogens with one attached hydrogen (secondary N) is 1. The van der Waals surface area contributed by atoms with Crippen LogP contribution in [0.5, 0.6) is 0 Å². The average molecular weight is 474 g/mol. The Morgan fingerprint density at radius 1 is 0.933 bits per heavy atom. The van der Waals surface area contributed by atoms with E-state index >= 15 is 0 Å². The Labute approximate surface area is 182 Å². The number of carbonyl (C=O) groups is 1. The van der Waals surface area contributed by atoms with Gasteiger partial charge in [0.15, 0.2) is 0 Å². The molecule has 0 heterocycles. The van der Waals surface area contributed by atoms with Crippen LogP contribution in [-0.4, -0.2) is 58.0 Å². The fourth-order valence-corrected chi connectivity index (χ4v) is 5.52. The lowest BCUT2D eigenvalue weighted by atomic mass is 10.3. The topological polar surface area (TPSA) is 104 Å². The first-order chi connectivity index (χ1) is 14.0. The van der Waals surface area contributed by atoms with Crippen molar-refractivity contribution in [2.45, 2.75) is 23.6 Å². The number of amides is 1. The molecule has 0 fully saturated rings. The Morgan fingerprint density at radius 3 is 2.10 bits per heavy atom. The maximum absolute atomic E-state index is 12.7. The Kier molecular flexibility index (Phi) is 8.00. The summed E-state index contributed by atoms with van der Waals surface area (Å²) in [5.41, 5.74) is 0.0837. The summed E-state index contributed by atoms with van der Waals surface area (Å²) in [5.74, 6) is -0.656. The third-order valence-electron chi connectivity index (χ3n) is 4.37. The van der Waals surface area contributed by atoms with Crippen LogP contribution in [0.1, 0.15) is 13.8 Å². The van der Waals surface area contributed by atoms with E-state index in [-0.39, 0.29) is 20.5 Å². The first-order valence-corrected chi connectivity index (χ1v) is 12.4. The number of likely N-dealkylation sites (N-methyl/N-ethyl adjacent to an activating group) is 1. The van der Waals surface area contributed by atoms with E-state index in [1.807, 2.05) is 0 Å². The third-order valence-corrected chi connectivity index (χ3v) is 8.57. The van der Waals surface area contributed by atoms with Gasteiger partial charge >= 0.3 is 0 Å².